The molecule has 140 valence electrons. The van der Waals surface area contributed by atoms with Gasteiger partial charge in [0, 0.05) is 29.2 Å². The van der Waals surface area contributed by atoms with Crippen molar-refractivity contribution in [1.29, 1.82) is 5.26 Å². The van der Waals surface area contributed by atoms with Gasteiger partial charge in [-0.25, -0.2) is 0 Å². The van der Waals surface area contributed by atoms with Crippen LogP contribution in [0.15, 0.2) is 66.4 Å². The Hall–Kier alpha value is -3.85. The van der Waals surface area contributed by atoms with Crippen molar-refractivity contribution in [3.63, 3.8) is 0 Å². The summed E-state index contributed by atoms with van der Waals surface area (Å²) >= 11 is 0. The van der Waals surface area contributed by atoms with Crippen molar-refractivity contribution in [2.45, 2.75) is 13.1 Å². The first-order valence-corrected chi connectivity index (χ1v) is 8.71. The molecule has 0 unspecified atom stereocenters. The van der Waals surface area contributed by atoms with E-state index < -0.39 is 5.91 Å². The maximum Gasteiger partial charge on any atom is 0.325 e. The molecule has 1 heterocycles. The smallest absolute Gasteiger partial charge is 0.325 e. The summed E-state index contributed by atoms with van der Waals surface area (Å²) in [6, 6.07) is 18.9. The van der Waals surface area contributed by atoms with Crippen LogP contribution in [0.2, 0.25) is 0 Å². The number of ether oxygens (including phenoxy) is 1. The summed E-state index contributed by atoms with van der Waals surface area (Å²) in [6.45, 7) is 0.385. The normalized spacial score (nSPS) is 11.1. The van der Waals surface area contributed by atoms with Gasteiger partial charge in [0.05, 0.1) is 7.11 Å². The lowest BCUT2D eigenvalue weighted by molar-refractivity contribution is -0.141. The zero-order valence-electron chi connectivity index (χ0n) is 15.4. The summed E-state index contributed by atoms with van der Waals surface area (Å²) in [4.78, 5) is 24.1. The van der Waals surface area contributed by atoms with Crippen LogP contribution in [0.1, 0.15) is 11.1 Å². The molecular formula is C22H19N3O3. The van der Waals surface area contributed by atoms with Crippen molar-refractivity contribution in [2.75, 3.05) is 7.11 Å². The Balaban J connectivity index is 1.87. The number of aromatic nitrogens is 1. The monoisotopic (exact) mass is 373 g/mol. The molecule has 0 aliphatic rings. The van der Waals surface area contributed by atoms with E-state index in [-0.39, 0.29) is 18.1 Å². The molecule has 0 fully saturated rings. The summed E-state index contributed by atoms with van der Waals surface area (Å²) in [5.74, 6) is -0.825. The van der Waals surface area contributed by atoms with Crippen LogP contribution in [0, 0.1) is 11.3 Å². The number of amides is 1. The average molecular weight is 373 g/mol. The fourth-order valence-corrected chi connectivity index (χ4v) is 2.90. The molecule has 3 rings (SSSR count). The van der Waals surface area contributed by atoms with E-state index in [2.05, 4.69) is 5.32 Å². The van der Waals surface area contributed by atoms with Crippen LogP contribution in [-0.2, 0) is 27.4 Å². The summed E-state index contributed by atoms with van der Waals surface area (Å²) < 4.78 is 6.48. The lowest BCUT2D eigenvalue weighted by Crippen LogP contribution is -2.23. The van der Waals surface area contributed by atoms with Gasteiger partial charge < -0.3 is 14.6 Å². The largest absolute Gasteiger partial charge is 0.468 e. The number of fused-ring (bicyclic) bond motifs is 1. The second-order valence-electron chi connectivity index (χ2n) is 6.14. The van der Waals surface area contributed by atoms with Gasteiger partial charge in [0.15, 0.2) is 0 Å². The Morgan fingerprint density at radius 3 is 2.57 bits per heavy atom. The first kappa shape index (κ1) is 18.9. The van der Waals surface area contributed by atoms with Crippen molar-refractivity contribution >= 4 is 28.9 Å². The van der Waals surface area contributed by atoms with Gasteiger partial charge in [-0.05, 0) is 17.7 Å². The Kier molecular flexibility index (Phi) is 5.87. The van der Waals surface area contributed by atoms with Gasteiger partial charge in [-0.15, -0.1) is 0 Å². The van der Waals surface area contributed by atoms with E-state index in [1.807, 2.05) is 60.7 Å². The molecule has 1 N–H and O–H groups in total. The maximum atomic E-state index is 12.4. The molecule has 28 heavy (non-hydrogen) atoms. The number of nitrogens with zero attached hydrogens (tertiary/aromatic N) is 2. The molecule has 3 aromatic rings. The molecule has 6 nitrogen and oxygen atoms in total. The van der Waals surface area contributed by atoms with Crippen LogP contribution in [-0.4, -0.2) is 23.6 Å². The molecule has 0 atom stereocenters. The second-order valence-corrected chi connectivity index (χ2v) is 6.14. The quantitative estimate of drug-likeness (QED) is 0.409. The molecule has 0 spiro atoms. The van der Waals surface area contributed by atoms with Gasteiger partial charge in [0.2, 0.25) is 0 Å². The zero-order valence-corrected chi connectivity index (χ0v) is 15.4. The molecule has 1 amide bonds. The van der Waals surface area contributed by atoms with Crippen LogP contribution in [0.5, 0.6) is 0 Å². The van der Waals surface area contributed by atoms with Crippen molar-refractivity contribution in [3.8, 4) is 6.07 Å². The number of para-hydroxylation sites is 1. The molecule has 0 saturated carbocycles. The summed E-state index contributed by atoms with van der Waals surface area (Å²) in [5, 5.41) is 13.1. The molecule has 0 aliphatic carbocycles. The topological polar surface area (TPSA) is 84.1 Å². The second kappa shape index (κ2) is 8.69. The Morgan fingerprint density at radius 1 is 1.14 bits per heavy atom. The van der Waals surface area contributed by atoms with E-state index in [0.29, 0.717) is 12.1 Å². The SMILES string of the molecule is COC(=O)Cn1cc(/C=C(/C#N)C(=O)NCc2ccccc2)c2ccccc21. The highest BCUT2D eigenvalue weighted by atomic mass is 16.5. The van der Waals surface area contributed by atoms with Gasteiger partial charge in [0.1, 0.15) is 18.2 Å². The fraction of sp³-hybridized carbons (Fsp3) is 0.136. The van der Waals surface area contributed by atoms with Crippen LogP contribution < -0.4 is 5.32 Å². The number of carbonyl (C=O) groups is 2. The summed E-state index contributed by atoms with van der Waals surface area (Å²) in [6.07, 6.45) is 3.28. The van der Waals surface area contributed by atoms with E-state index in [0.717, 1.165) is 16.5 Å². The third-order valence-electron chi connectivity index (χ3n) is 4.31. The highest BCUT2D eigenvalue weighted by molar-refractivity contribution is 6.04. The number of benzene rings is 2. The van der Waals surface area contributed by atoms with Gasteiger partial charge in [-0.3, -0.25) is 9.59 Å². The van der Waals surface area contributed by atoms with E-state index in [9.17, 15) is 14.9 Å². The molecule has 0 saturated heterocycles. The molecule has 0 aliphatic heterocycles. The molecule has 6 heteroatoms. The standard InChI is InChI=1S/C22H19N3O3/c1-28-21(26)15-25-14-18(19-9-5-6-10-20(19)25)11-17(12-23)22(27)24-13-16-7-3-2-4-8-16/h2-11,14H,13,15H2,1H3,(H,24,27)/b17-11-. The van der Waals surface area contributed by atoms with Crippen molar-refractivity contribution < 1.29 is 14.3 Å². The zero-order chi connectivity index (χ0) is 19.9. The number of nitriles is 1. The van der Waals surface area contributed by atoms with Gasteiger partial charge >= 0.3 is 5.97 Å². The van der Waals surface area contributed by atoms with Crippen molar-refractivity contribution in [2.24, 2.45) is 0 Å². The Labute approximate surface area is 162 Å². The third-order valence-corrected chi connectivity index (χ3v) is 4.31. The van der Waals surface area contributed by atoms with Crippen LogP contribution >= 0.6 is 0 Å². The fourth-order valence-electron chi connectivity index (χ4n) is 2.90. The van der Waals surface area contributed by atoms with Crippen molar-refractivity contribution in [1.82, 2.24) is 9.88 Å². The lowest BCUT2D eigenvalue weighted by Gasteiger charge is -2.04. The lowest BCUT2D eigenvalue weighted by atomic mass is 10.1. The highest BCUT2D eigenvalue weighted by Gasteiger charge is 2.13. The van der Waals surface area contributed by atoms with E-state index in [1.54, 1.807) is 10.8 Å². The minimum atomic E-state index is -0.448. The number of nitrogens with one attached hydrogen (secondary N) is 1. The number of esters is 1. The molecule has 2 aromatic carbocycles. The average Bonchev–Trinajstić information content (AvgIpc) is 3.08. The van der Waals surface area contributed by atoms with Crippen molar-refractivity contribution in [3.05, 3.63) is 77.5 Å². The number of hydrogen-bond donors (Lipinski definition) is 1. The Morgan fingerprint density at radius 2 is 1.86 bits per heavy atom. The van der Waals surface area contributed by atoms with Crippen LogP contribution in [0.25, 0.3) is 17.0 Å². The number of rotatable bonds is 6. The van der Waals surface area contributed by atoms with Crippen LogP contribution in [0.4, 0.5) is 0 Å². The first-order chi connectivity index (χ1) is 13.6. The highest BCUT2D eigenvalue weighted by Crippen LogP contribution is 2.23. The predicted molar refractivity (Wildman–Crippen MR) is 106 cm³/mol. The minimum Gasteiger partial charge on any atom is -0.468 e. The predicted octanol–water partition coefficient (Wildman–Crippen LogP) is 3.04. The molecule has 0 bridgehead atoms. The van der Waals surface area contributed by atoms with Crippen LogP contribution in [0.3, 0.4) is 0 Å². The van der Waals surface area contributed by atoms with Gasteiger partial charge in [0.25, 0.3) is 5.91 Å². The Bertz CT molecular complexity index is 1080. The minimum absolute atomic E-state index is 0.00287. The number of methoxy groups -OCH3 is 1. The number of hydrogen-bond acceptors (Lipinski definition) is 4. The number of carbonyl (C=O) groups excluding carboxylic acids is 2. The van der Waals surface area contributed by atoms with Gasteiger partial charge in [-0.1, -0.05) is 48.5 Å². The molecular weight excluding hydrogens is 354 g/mol. The third kappa shape index (κ3) is 4.27. The van der Waals surface area contributed by atoms with Gasteiger partial charge in [-0.2, -0.15) is 5.26 Å². The van der Waals surface area contributed by atoms with E-state index in [1.165, 1.54) is 13.2 Å². The maximum absolute atomic E-state index is 12.4. The molecule has 0 radical (unpaired) electrons. The van der Waals surface area contributed by atoms with E-state index >= 15 is 0 Å². The molecule has 1 aromatic heterocycles. The summed E-state index contributed by atoms with van der Waals surface area (Å²) in [5.41, 5.74) is 2.45. The first-order valence-electron chi connectivity index (χ1n) is 8.71. The van der Waals surface area contributed by atoms with E-state index in [4.69, 9.17) is 4.74 Å². The summed E-state index contributed by atoms with van der Waals surface area (Å²) in [7, 11) is 1.33.